The molecule has 0 spiro atoms. The zero-order chi connectivity index (χ0) is 16.2. The third-order valence-electron chi connectivity index (χ3n) is 3.19. The molecule has 6 heteroatoms. The van der Waals surface area contributed by atoms with Crippen molar-refractivity contribution in [2.24, 2.45) is 5.10 Å². The molecule has 0 saturated heterocycles. The summed E-state index contributed by atoms with van der Waals surface area (Å²) in [4.78, 5) is 16.3. The van der Waals surface area contributed by atoms with Crippen molar-refractivity contribution in [1.29, 1.82) is 0 Å². The van der Waals surface area contributed by atoms with Gasteiger partial charge in [-0.3, -0.25) is 4.79 Å². The van der Waals surface area contributed by atoms with E-state index in [2.05, 4.69) is 15.5 Å². The summed E-state index contributed by atoms with van der Waals surface area (Å²) in [5.41, 5.74) is 3.35. The molecule has 3 aromatic rings. The zero-order valence-corrected chi connectivity index (χ0v) is 12.6. The predicted molar refractivity (Wildman–Crippen MR) is 88.2 cm³/mol. The minimum absolute atomic E-state index is 0.112. The fourth-order valence-electron chi connectivity index (χ4n) is 2.04. The van der Waals surface area contributed by atoms with Crippen molar-refractivity contribution in [2.45, 2.75) is 0 Å². The summed E-state index contributed by atoms with van der Waals surface area (Å²) in [6, 6.07) is 15.2. The molecule has 2 aromatic carbocycles. The van der Waals surface area contributed by atoms with E-state index in [4.69, 9.17) is 11.6 Å². The largest absolute Gasteiger partial charge is 0.289 e. The van der Waals surface area contributed by atoms with Crippen LogP contribution in [0.5, 0.6) is 0 Å². The van der Waals surface area contributed by atoms with Crippen molar-refractivity contribution >= 4 is 34.6 Å². The van der Waals surface area contributed by atoms with E-state index in [9.17, 15) is 9.18 Å². The molecule has 0 radical (unpaired) electrons. The molecule has 1 aromatic heterocycles. The number of rotatable bonds is 3. The number of nitrogens with zero attached hydrogens (tertiary/aromatic N) is 2. The lowest BCUT2D eigenvalue weighted by Gasteiger charge is -2.02. The Kier molecular flexibility index (Phi) is 4.30. The Labute approximate surface area is 136 Å². The van der Waals surface area contributed by atoms with Crippen LogP contribution in [-0.4, -0.2) is 17.1 Å². The molecule has 0 bridgehead atoms. The highest BCUT2D eigenvalue weighted by Crippen LogP contribution is 2.16. The summed E-state index contributed by atoms with van der Waals surface area (Å²) in [5.74, 6) is -1.00. The number of carbonyl (C=O) groups excluding carboxylic acids is 1. The number of carbonyl (C=O) groups is 1. The number of nitrogens with one attached hydrogen (secondary N) is 1. The average Bonchev–Trinajstić information content (AvgIpc) is 2.57. The fourth-order valence-corrected chi connectivity index (χ4v) is 2.25. The van der Waals surface area contributed by atoms with E-state index in [1.807, 2.05) is 24.3 Å². The summed E-state index contributed by atoms with van der Waals surface area (Å²) in [6.07, 6.45) is 1.16. The maximum atomic E-state index is 13.6. The number of aromatic nitrogens is 1. The van der Waals surface area contributed by atoms with Gasteiger partial charge in [0.2, 0.25) is 0 Å². The van der Waals surface area contributed by atoms with Gasteiger partial charge in [-0.05, 0) is 24.3 Å². The van der Waals surface area contributed by atoms with Gasteiger partial charge < -0.3 is 0 Å². The number of halogens is 2. The molecule has 4 nitrogen and oxygen atoms in total. The van der Waals surface area contributed by atoms with Crippen molar-refractivity contribution in [3.63, 3.8) is 0 Å². The highest BCUT2D eigenvalue weighted by molar-refractivity contribution is 6.33. The fraction of sp³-hybridized carbons (Fsp3) is 0. The monoisotopic (exact) mass is 327 g/mol. The Balaban J connectivity index is 1.77. The lowest BCUT2D eigenvalue weighted by atomic mass is 10.2. The molecule has 3 rings (SSSR count). The van der Waals surface area contributed by atoms with Crippen LogP contribution in [0.15, 0.2) is 59.7 Å². The van der Waals surface area contributed by atoms with E-state index >= 15 is 0 Å². The van der Waals surface area contributed by atoms with Crippen LogP contribution in [0, 0.1) is 5.82 Å². The molecule has 0 aliphatic carbocycles. The number of hydrogen-bond acceptors (Lipinski definition) is 3. The van der Waals surface area contributed by atoms with Crippen LogP contribution in [0.4, 0.5) is 4.39 Å². The molecule has 0 unspecified atom stereocenters. The molecule has 0 saturated carbocycles. The first-order valence-electron chi connectivity index (χ1n) is 6.78. The highest BCUT2D eigenvalue weighted by atomic mass is 35.5. The molecular formula is C17H11ClFN3O. The van der Waals surface area contributed by atoms with Gasteiger partial charge in [0.15, 0.2) is 0 Å². The van der Waals surface area contributed by atoms with Gasteiger partial charge in [-0.2, -0.15) is 5.10 Å². The van der Waals surface area contributed by atoms with Crippen molar-refractivity contribution in [3.05, 3.63) is 76.7 Å². The van der Waals surface area contributed by atoms with Gasteiger partial charge in [-0.25, -0.2) is 14.8 Å². The van der Waals surface area contributed by atoms with E-state index in [0.29, 0.717) is 5.52 Å². The van der Waals surface area contributed by atoms with Gasteiger partial charge in [-0.15, -0.1) is 0 Å². The zero-order valence-electron chi connectivity index (χ0n) is 11.8. The van der Waals surface area contributed by atoms with Gasteiger partial charge in [0.1, 0.15) is 11.5 Å². The van der Waals surface area contributed by atoms with Gasteiger partial charge >= 0.3 is 0 Å². The topological polar surface area (TPSA) is 54.4 Å². The smallest absolute Gasteiger partial charge is 0.266 e. The molecule has 0 aliphatic heterocycles. The van der Waals surface area contributed by atoms with Crippen molar-refractivity contribution in [3.8, 4) is 0 Å². The number of para-hydroxylation sites is 1. The first-order valence-corrected chi connectivity index (χ1v) is 7.16. The summed E-state index contributed by atoms with van der Waals surface area (Å²) in [5, 5.41) is 4.88. The second-order valence-corrected chi connectivity index (χ2v) is 5.13. The number of hydrogen-bond donors (Lipinski definition) is 1. The highest BCUT2D eigenvalue weighted by Gasteiger charge is 2.08. The molecule has 1 amide bonds. The quantitative estimate of drug-likeness (QED) is 0.588. The normalized spacial score (nSPS) is 11.0. The second kappa shape index (κ2) is 6.54. The van der Waals surface area contributed by atoms with Crippen LogP contribution in [0.1, 0.15) is 16.1 Å². The summed E-state index contributed by atoms with van der Waals surface area (Å²) in [6.45, 7) is 0. The van der Waals surface area contributed by atoms with Gasteiger partial charge in [0.05, 0.1) is 16.8 Å². The third kappa shape index (κ3) is 3.35. The summed E-state index contributed by atoms with van der Waals surface area (Å²) < 4.78 is 13.6. The van der Waals surface area contributed by atoms with Gasteiger partial charge in [0.25, 0.3) is 5.91 Å². The number of amides is 1. The SMILES string of the molecule is O=C(N/N=C\c1c(F)cccc1Cl)c1ccc2ccccc2n1. The molecule has 0 atom stereocenters. The Morgan fingerprint density at radius 1 is 1.13 bits per heavy atom. The van der Waals surface area contributed by atoms with Crippen LogP contribution in [0.2, 0.25) is 5.02 Å². The Morgan fingerprint density at radius 2 is 1.96 bits per heavy atom. The Bertz CT molecular complexity index is 891. The molecule has 0 fully saturated rings. The van der Waals surface area contributed by atoms with Crippen LogP contribution < -0.4 is 5.43 Å². The summed E-state index contributed by atoms with van der Waals surface area (Å²) >= 11 is 5.87. The molecule has 0 aliphatic rings. The van der Waals surface area contributed by atoms with Gasteiger partial charge in [-0.1, -0.05) is 41.9 Å². The standard InChI is InChI=1S/C17H11ClFN3O/c18-13-5-3-6-14(19)12(13)10-20-22-17(23)16-9-8-11-4-1-2-7-15(11)21-16/h1-10H,(H,22,23)/b20-10-. The third-order valence-corrected chi connectivity index (χ3v) is 3.52. The molecule has 1 N–H and O–H groups in total. The lowest BCUT2D eigenvalue weighted by Crippen LogP contribution is -2.19. The number of hydrazone groups is 1. The maximum Gasteiger partial charge on any atom is 0.289 e. The van der Waals surface area contributed by atoms with Gasteiger partial charge in [0, 0.05) is 10.9 Å². The average molecular weight is 328 g/mol. The minimum Gasteiger partial charge on any atom is -0.266 e. The Morgan fingerprint density at radius 3 is 2.78 bits per heavy atom. The number of pyridine rings is 1. The second-order valence-electron chi connectivity index (χ2n) is 4.72. The minimum atomic E-state index is -0.515. The van der Waals surface area contributed by atoms with Crippen molar-refractivity contribution in [1.82, 2.24) is 10.4 Å². The lowest BCUT2D eigenvalue weighted by molar-refractivity contribution is 0.0950. The molecule has 23 heavy (non-hydrogen) atoms. The first kappa shape index (κ1) is 15.1. The van der Waals surface area contributed by atoms with Crippen LogP contribution >= 0.6 is 11.6 Å². The predicted octanol–water partition coefficient (Wildman–Crippen LogP) is 3.79. The van der Waals surface area contributed by atoms with E-state index in [1.165, 1.54) is 12.1 Å². The first-order chi connectivity index (χ1) is 11.1. The number of fused-ring (bicyclic) bond motifs is 1. The van der Waals surface area contributed by atoms with Crippen LogP contribution in [-0.2, 0) is 0 Å². The molecule has 114 valence electrons. The molecule has 1 heterocycles. The number of benzene rings is 2. The van der Waals surface area contributed by atoms with E-state index in [-0.39, 0.29) is 16.3 Å². The summed E-state index contributed by atoms with van der Waals surface area (Å²) in [7, 11) is 0. The van der Waals surface area contributed by atoms with Crippen molar-refractivity contribution in [2.75, 3.05) is 0 Å². The Hall–Kier alpha value is -2.79. The van der Waals surface area contributed by atoms with Crippen molar-refractivity contribution < 1.29 is 9.18 Å². The van der Waals surface area contributed by atoms with E-state index in [0.717, 1.165) is 11.6 Å². The maximum absolute atomic E-state index is 13.6. The van der Waals surface area contributed by atoms with Crippen LogP contribution in [0.3, 0.4) is 0 Å². The molecular weight excluding hydrogens is 317 g/mol. The van der Waals surface area contributed by atoms with E-state index < -0.39 is 11.7 Å². The van der Waals surface area contributed by atoms with Crippen LogP contribution in [0.25, 0.3) is 10.9 Å². The van der Waals surface area contributed by atoms with E-state index in [1.54, 1.807) is 18.2 Å².